The summed E-state index contributed by atoms with van der Waals surface area (Å²) in [6.07, 6.45) is 3.18. The molecule has 0 fully saturated rings. The maximum Gasteiger partial charge on any atom is 0.287 e. The summed E-state index contributed by atoms with van der Waals surface area (Å²) in [5.41, 5.74) is 1.04. The van der Waals surface area contributed by atoms with Crippen molar-refractivity contribution < 1.29 is 4.74 Å². The molecule has 7 nitrogen and oxygen atoms in total. The largest absolute Gasteiger partial charge is 0.383 e. The second kappa shape index (κ2) is 6.35. The van der Waals surface area contributed by atoms with Crippen LogP contribution < -0.4 is 10.9 Å². The molecule has 2 heterocycles. The van der Waals surface area contributed by atoms with Gasteiger partial charge in [0, 0.05) is 13.3 Å². The number of H-pyrrole nitrogens is 1. The van der Waals surface area contributed by atoms with E-state index in [0.29, 0.717) is 25.4 Å². The molecular weight excluding hydrogens is 270 g/mol. The zero-order valence-corrected chi connectivity index (χ0v) is 11.1. The molecule has 0 saturated heterocycles. The van der Waals surface area contributed by atoms with Crippen molar-refractivity contribution in [2.45, 2.75) is 13.1 Å². The molecule has 0 aliphatic heterocycles. The van der Waals surface area contributed by atoms with Gasteiger partial charge in [0.1, 0.15) is 5.02 Å². The van der Waals surface area contributed by atoms with E-state index in [9.17, 15) is 4.79 Å². The monoisotopic (exact) mass is 283 g/mol. The summed E-state index contributed by atoms with van der Waals surface area (Å²) >= 11 is 6.01. The Labute approximate surface area is 114 Å². The molecule has 0 aromatic carbocycles. The van der Waals surface area contributed by atoms with E-state index in [1.165, 1.54) is 10.9 Å². The van der Waals surface area contributed by atoms with Gasteiger partial charge in [-0.3, -0.25) is 9.89 Å². The van der Waals surface area contributed by atoms with Crippen molar-refractivity contribution in [3.05, 3.63) is 39.5 Å². The zero-order valence-electron chi connectivity index (χ0n) is 10.4. The van der Waals surface area contributed by atoms with E-state index < -0.39 is 0 Å². The summed E-state index contributed by atoms with van der Waals surface area (Å²) < 4.78 is 6.17. The van der Waals surface area contributed by atoms with E-state index in [-0.39, 0.29) is 10.6 Å². The van der Waals surface area contributed by atoms with E-state index in [0.717, 1.165) is 5.69 Å². The predicted molar refractivity (Wildman–Crippen MR) is 71.3 cm³/mol. The minimum Gasteiger partial charge on any atom is -0.383 e. The number of nitrogens with one attached hydrogen (secondary N) is 2. The minimum absolute atomic E-state index is 0.116. The van der Waals surface area contributed by atoms with E-state index >= 15 is 0 Å². The molecule has 0 aliphatic rings. The quantitative estimate of drug-likeness (QED) is 0.822. The molecule has 2 aromatic rings. The Bertz CT molecular complexity index is 581. The number of anilines is 1. The average Bonchev–Trinajstić information content (AvgIpc) is 2.92. The van der Waals surface area contributed by atoms with Crippen LogP contribution in [-0.2, 0) is 17.8 Å². The van der Waals surface area contributed by atoms with Crippen LogP contribution in [-0.4, -0.2) is 33.7 Å². The molecule has 0 atom stereocenters. The minimum atomic E-state index is -0.340. The topological polar surface area (TPSA) is 84.8 Å². The fraction of sp³-hybridized carbons (Fsp3) is 0.364. The number of nitrogens with zero attached hydrogens (tertiary/aromatic N) is 3. The van der Waals surface area contributed by atoms with Crippen LogP contribution >= 0.6 is 11.6 Å². The number of halogens is 1. The van der Waals surface area contributed by atoms with Gasteiger partial charge in [-0.2, -0.15) is 10.2 Å². The van der Waals surface area contributed by atoms with Gasteiger partial charge in [0.25, 0.3) is 5.56 Å². The summed E-state index contributed by atoms with van der Waals surface area (Å²) in [4.78, 5) is 11.9. The van der Waals surface area contributed by atoms with Gasteiger partial charge >= 0.3 is 0 Å². The first-order valence-electron chi connectivity index (χ1n) is 5.69. The fourth-order valence-electron chi connectivity index (χ4n) is 1.50. The molecule has 2 aromatic heterocycles. The highest BCUT2D eigenvalue weighted by Gasteiger charge is 2.09. The molecule has 0 bridgehead atoms. The van der Waals surface area contributed by atoms with Crippen LogP contribution in [0, 0.1) is 0 Å². The lowest BCUT2D eigenvalue weighted by Crippen LogP contribution is -2.26. The third-order valence-corrected chi connectivity index (χ3v) is 2.89. The molecule has 0 unspecified atom stereocenters. The van der Waals surface area contributed by atoms with E-state index in [4.69, 9.17) is 16.3 Å². The number of methoxy groups -OCH3 is 1. The van der Waals surface area contributed by atoms with Gasteiger partial charge in [-0.25, -0.2) is 4.68 Å². The highest BCUT2D eigenvalue weighted by Crippen LogP contribution is 2.15. The van der Waals surface area contributed by atoms with Crippen LogP contribution in [0.5, 0.6) is 0 Å². The number of aromatic amines is 1. The van der Waals surface area contributed by atoms with Crippen LogP contribution in [0.3, 0.4) is 0 Å². The maximum atomic E-state index is 11.9. The molecule has 2 rings (SSSR count). The van der Waals surface area contributed by atoms with Gasteiger partial charge in [-0.15, -0.1) is 0 Å². The first kappa shape index (κ1) is 13.6. The van der Waals surface area contributed by atoms with E-state index in [1.807, 2.05) is 6.07 Å². The summed E-state index contributed by atoms with van der Waals surface area (Å²) in [5, 5.41) is 13.8. The molecule has 0 saturated carbocycles. The number of aromatic nitrogens is 4. The van der Waals surface area contributed by atoms with Crippen molar-refractivity contribution in [1.29, 1.82) is 0 Å². The zero-order chi connectivity index (χ0) is 13.7. The number of ether oxygens (including phenoxy) is 1. The Morgan fingerprint density at radius 2 is 2.42 bits per heavy atom. The Hall–Kier alpha value is -1.86. The second-order valence-electron chi connectivity index (χ2n) is 3.83. The van der Waals surface area contributed by atoms with Crippen molar-refractivity contribution in [2.75, 3.05) is 19.0 Å². The molecule has 2 N–H and O–H groups in total. The standard InChI is InChI=1S/C11H14ClN5O2/c1-19-5-4-17-11(18)10(12)9(7-15-17)13-6-8-2-3-14-16-8/h2-3,7,13H,4-6H2,1H3,(H,14,16). The third-order valence-electron chi connectivity index (χ3n) is 2.52. The van der Waals surface area contributed by atoms with Gasteiger partial charge in [-0.05, 0) is 6.07 Å². The second-order valence-corrected chi connectivity index (χ2v) is 4.21. The lowest BCUT2D eigenvalue weighted by Gasteiger charge is -2.09. The van der Waals surface area contributed by atoms with Gasteiger partial charge in [-0.1, -0.05) is 11.6 Å². The lowest BCUT2D eigenvalue weighted by molar-refractivity contribution is 0.182. The summed E-state index contributed by atoms with van der Waals surface area (Å²) in [6.45, 7) is 1.27. The van der Waals surface area contributed by atoms with Crippen LogP contribution in [0.2, 0.25) is 5.02 Å². The fourth-order valence-corrected chi connectivity index (χ4v) is 1.71. The third kappa shape index (κ3) is 3.33. The Morgan fingerprint density at radius 1 is 1.58 bits per heavy atom. The van der Waals surface area contributed by atoms with E-state index in [1.54, 1.807) is 13.3 Å². The van der Waals surface area contributed by atoms with Crippen LogP contribution in [0.25, 0.3) is 0 Å². The highest BCUT2D eigenvalue weighted by molar-refractivity contribution is 6.32. The molecule has 0 aliphatic carbocycles. The van der Waals surface area contributed by atoms with Gasteiger partial charge < -0.3 is 10.1 Å². The molecule has 0 amide bonds. The molecule has 8 heteroatoms. The average molecular weight is 284 g/mol. The van der Waals surface area contributed by atoms with E-state index in [2.05, 4.69) is 20.6 Å². The van der Waals surface area contributed by atoms with Crippen molar-refractivity contribution in [2.24, 2.45) is 0 Å². The highest BCUT2D eigenvalue weighted by atomic mass is 35.5. The Morgan fingerprint density at radius 3 is 3.11 bits per heavy atom. The maximum absolute atomic E-state index is 11.9. The van der Waals surface area contributed by atoms with Crippen molar-refractivity contribution >= 4 is 17.3 Å². The van der Waals surface area contributed by atoms with Crippen molar-refractivity contribution in [1.82, 2.24) is 20.0 Å². The summed E-state index contributed by atoms with van der Waals surface area (Å²) in [7, 11) is 1.56. The van der Waals surface area contributed by atoms with Crippen LogP contribution in [0.15, 0.2) is 23.3 Å². The van der Waals surface area contributed by atoms with Gasteiger partial charge in [0.2, 0.25) is 0 Å². The van der Waals surface area contributed by atoms with Crippen molar-refractivity contribution in [3.8, 4) is 0 Å². The molecule has 0 radical (unpaired) electrons. The molecule has 19 heavy (non-hydrogen) atoms. The lowest BCUT2D eigenvalue weighted by atomic mass is 10.4. The SMILES string of the molecule is COCCn1ncc(NCc2ccn[nH]2)c(Cl)c1=O. The first-order valence-corrected chi connectivity index (χ1v) is 6.07. The van der Waals surface area contributed by atoms with Crippen molar-refractivity contribution in [3.63, 3.8) is 0 Å². The normalized spacial score (nSPS) is 10.6. The summed E-state index contributed by atoms with van der Waals surface area (Å²) in [5.74, 6) is 0. The smallest absolute Gasteiger partial charge is 0.287 e. The van der Waals surface area contributed by atoms with Crippen LogP contribution in [0.4, 0.5) is 5.69 Å². The molecular formula is C11H14ClN5O2. The first-order chi connectivity index (χ1) is 9.22. The van der Waals surface area contributed by atoms with Gasteiger partial charge in [0.15, 0.2) is 0 Å². The predicted octanol–water partition coefficient (Wildman–Crippen LogP) is 0.878. The Balaban J connectivity index is 2.09. The summed E-state index contributed by atoms with van der Waals surface area (Å²) in [6, 6.07) is 1.83. The van der Waals surface area contributed by atoms with Crippen LogP contribution in [0.1, 0.15) is 5.69 Å². The van der Waals surface area contributed by atoms with Gasteiger partial charge in [0.05, 0.1) is 37.3 Å². The Kier molecular flexibility index (Phi) is 4.53. The molecule has 102 valence electrons. The number of hydrogen-bond acceptors (Lipinski definition) is 5. The number of rotatable bonds is 6. The number of hydrogen-bond donors (Lipinski definition) is 2. The molecule has 0 spiro atoms.